The maximum absolute atomic E-state index is 14.2. The summed E-state index contributed by atoms with van der Waals surface area (Å²) in [7, 11) is 1.63. The lowest BCUT2D eigenvalue weighted by Gasteiger charge is -2.30. The van der Waals surface area contributed by atoms with Gasteiger partial charge in [-0.1, -0.05) is 19.1 Å². The summed E-state index contributed by atoms with van der Waals surface area (Å²) in [4.78, 5) is 0. The van der Waals surface area contributed by atoms with Crippen LogP contribution < -0.4 is 5.32 Å². The second-order valence-corrected chi connectivity index (χ2v) is 5.77. The summed E-state index contributed by atoms with van der Waals surface area (Å²) >= 11 is 0. The van der Waals surface area contributed by atoms with Gasteiger partial charge in [0.2, 0.25) is 0 Å². The predicted octanol–water partition coefficient (Wildman–Crippen LogP) is 4.13. The SMILES string of the molecule is CCCNC(CC(C)(C)OC)c1ccc(C)c(F)c1F. The summed E-state index contributed by atoms with van der Waals surface area (Å²) in [5, 5.41) is 3.28. The average molecular weight is 285 g/mol. The molecule has 0 fully saturated rings. The Morgan fingerprint density at radius 3 is 2.45 bits per heavy atom. The topological polar surface area (TPSA) is 21.3 Å². The van der Waals surface area contributed by atoms with Gasteiger partial charge in [-0.05, 0) is 45.7 Å². The van der Waals surface area contributed by atoms with Crippen molar-refractivity contribution in [1.82, 2.24) is 5.32 Å². The number of rotatable bonds is 7. The molecular weight excluding hydrogens is 260 g/mol. The van der Waals surface area contributed by atoms with Crippen LogP contribution in [0.25, 0.3) is 0 Å². The Kier molecular flexibility index (Phi) is 6.08. The molecule has 0 aromatic heterocycles. The van der Waals surface area contributed by atoms with Gasteiger partial charge >= 0.3 is 0 Å². The largest absolute Gasteiger partial charge is 0.379 e. The second-order valence-electron chi connectivity index (χ2n) is 5.77. The van der Waals surface area contributed by atoms with Crippen molar-refractivity contribution in [2.24, 2.45) is 0 Å². The van der Waals surface area contributed by atoms with Crippen LogP contribution in [0.1, 0.15) is 50.8 Å². The van der Waals surface area contributed by atoms with Gasteiger partial charge in [-0.25, -0.2) is 8.78 Å². The Morgan fingerprint density at radius 1 is 1.25 bits per heavy atom. The van der Waals surface area contributed by atoms with Crippen molar-refractivity contribution >= 4 is 0 Å². The first-order valence-corrected chi connectivity index (χ1v) is 7.05. The molecule has 0 aliphatic carbocycles. The van der Waals surface area contributed by atoms with Gasteiger partial charge < -0.3 is 10.1 Å². The summed E-state index contributed by atoms with van der Waals surface area (Å²) in [6.07, 6.45) is 1.50. The third-order valence-electron chi connectivity index (χ3n) is 3.57. The van der Waals surface area contributed by atoms with Crippen LogP contribution in [0.3, 0.4) is 0 Å². The third-order valence-corrected chi connectivity index (χ3v) is 3.57. The molecule has 0 amide bonds. The minimum Gasteiger partial charge on any atom is -0.379 e. The van der Waals surface area contributed by atoms with Crippen LogP contribution in [0.2, 0.25) is 0 Å². The number of nitrogens with one attached hydrogen (secondary N) is 1. The Morgan fingerprint density at radius 2 is 1.90 bits per heavy atom. The van der Waals surface area contributed by atoms with Gasteiger partial charge in [0.05, 0.1) is 5.60 Å². The molecule has 1 atom stereocenters. The van der Waals surface area contributed by atoms with Gasteiger partial charge in [0, 0.05) is 18.7 Å². The van der Waals surface area contributed by atoms with Crippen molar-refractivity contribution in [3.8, 4) is 0 Å². The molecule has 1 N–H and O–H groups in total. The molecule has 0 saturated carbocycles. The van der Waals surface area contributed by atoms with E-state index in [1.165, 1.54) is 0 Å². The Hall–Kier alpha value is -1.00. The first-order valence-electron chi connectivity index (χ1n) is 7.05. The van der Waals surface area contributed by atoms with E-state index in [1.54, 1.807) is 26.2 Å². The first-order chi connectivity index (χ1) is 9.32. The maximum Gasteiger partial charge on any atom is 0.163 e. The summed E-state index contributed by atoms with van der Waals surface area (Å²) in [6, 6.07) is 3.01. The van der Waals surface area contributed by atoms with E-state index < -0.39 is 17.2 Å². The van der Waals surface area contributed by atoms with E-state index in [4.69, 9.17) is 4.74 Å². The number of ether oxygens (including phenoxy) is 1. The maximum atomic E-state index is 14.2. The first kappa shape index (κ1) is 17.1. The Balaban J connectivity index is 3.07. The monoisotopic (exact) mass is 285 g/mol. The molecule has 1 rings (SSSR count). The molecule has 4 heteroatoms. The normalized spacial score (nSPS) is 13.6. The summed E-state index contributed by atoms with van der Waals surface area (Å²) < 4.78 is 33.3. The third kappa shape index (κ3) is 4.25. The molecule has 0 saturated heterocycles. The molecule has 20 heavy (non-hydrogen) atoms. The highest BCUT2D eigenvalue weighted by Gasteiger charge is 2.26. The van der Waals surface area contributed by atoms with E-state index in [0.29, 0.717) is 17.5 Å². The minimum absolute atomic E-state index is 0.264. The number of hydrogen-bond donors (Lipinski definition) is 1. The molecule has 1 aromatic carbocycles. The number of hydrogen-bond acceptors (Lipinski definition) is 2. The van der Waals surface area contributed by atoms with Crippen LogP contribution in [-0.2, 0) is 4.74 Å². The Bertz CT molecular complexity index is 446. The molecule has 0 spiro atoms. The molecule has 1 aromatic rings. The fraction of sp³-hybridized carbons (Fsp3) is 0.625. The van der Waals surface area contributed by atoms with E-state index in [9.17, 15) is 8.78 Å². The minimum atomic E-state index is -0.763. The quantitative estimate of drug-likeness (QED) is 0.813. The molecule has 0 bridgehead atoms. The van der Waals surface area contributed by atoms with E-state index >= 15 is 0 Å². The fourth-order valence-electron chi connectivity index (χ4n) is 2.12. The Labute approximate surface area is 120 Å². The van der Waals surface area contributed by atoms with Crippen molar-refractivity contribution in [2.75, 3.05) is 13.7 Å². The smallest absolute Gasteiger partial charge is 0.163 e. The van der Waals surface area contributed by atoms with Gasteiger partial charge in [-0.3, -0.25) is 0 Å². The van der Waals surface area contributed by atoms with Gasteiger partial charge in [-0.2, -0.15) is 0 Å². The summed E-state index contributed by atoms with van der Waals surface area (Å²) in [5.41, 5.74) is 0.289. The van der Waals surface area contributed by atoms with Gasteiger partial charge in [0.25, 0.3) is 0 Å². The second kappa shape index (κ2) is 7.14. The molecule has 0 aliphatic rings. The number of halogens is 2. The van der Waals surface area contributed by atoms with Crippen molar-refractivity contribution in [3.63, 3.8) is 0 Å². The van der Waals surface area contributed by atoms with Crippen LogP contribution in [0, 0.1) is 18.6 Å². The lowest BCUT2D eigenvalue weighted by Crippen LogP contribution is -2.33. The molecule has 1 unspecified atom stereocenters. The lowest BCUT2D eigenvalue weighted by atomic mass is 9.92. The standard InChI is InChI=1S/C16H25F2NO/c1-6-9-19-13(10-16(3,4)20-5)12-8-7-11(2)14(17)15(12)18/h7-8,13,19H,6,9-10H2,1-5H3. The average Bonchev–Trinajstić information content (AvgIpc) is 2.41. The van der Waals surface area contributed by atoms with E-state index in [2.05, 4.69) is 5.32 Å². The fourth-order valence-corrected chi connectivity index (χ4v) is 2.12. The van der Waals surface area contributed by atoms with Gasteiger partial charge in [0.15, 0.2) is 11.6 Å². The van der Waals surface area contributed by atoms with E-state index in [0.717, 1.165) is 13.0 Å². The van der Waals surface area contributed by atoms with E-state index in [-0.39, 0.29) is 6.04 Å². The van der Waals surface area contributed by atoms with Crippen LogP contribution in [0.15, 0.2) is 12.1 Å². The number of benzene rings is 1. The van der Waals surface area contributed by atoms with Crippen molar-refractivity contribution in [1.29, 1.82) is 0 Å². The summed E-state index contributed by atoms with van der Waals surface area (Å²) in [5.74, 6) is -1.52. The van der Waals surface area contributed by atoms with Crippen LogP contribution >= 0.6 is 0 Å². The highest BCUT2D eigenvalue weighted by Crippen LogP contribution is 2.29. The molecule has 2 nitrogen and oxygen atoms in total. The molecule has 0 heterocycles. The molecule has 0 radical (unpaired) electrons. The molecular formula is C16H25F2NO. The highest BCUT2D eigenvalue weighted by atomic mass is 19.2. The van der Waals surface area contributed by atoms with Gasteiger partial charge in [0.1, 0.15) is 0 Å². The van der Waals surface area contributed by atoms with Crippen LogP contribution in [-0.4, -0.2) is 19.3 Å². The predicted molar refractivity (Wildman–Crippen MR) is 77.8 cm³/mol. The van der Waals surface area contributed by atoms with Crippen LogP contribution in [0.5, 0.6) is 0 Å². The lowest BCUT2D eigenvalue weighted by molar-refractivity contribution is 0.00653. The molecule has 0 aliphatic heterocycles. The zero-order valence-electron chi connectivity index (χ0n) is 13.0. The zero-order chi connectivity index (χ0) is 15.3. The summed E-state index contributed by atoms with van der Waals surface area (Å²) in [6.45, 7) is 8.24. The van der Waals surface area contributed by atoms with Crippen molar-refractivity contribution < 1.29 is 13.5 Å². The number of methoxy groups -OCH3 is 1. The highest BCUT2D eigenvalue weighted by molar-refractivity contribution is 5.28. The van der Waals surface area contributed by atoms with Gasteiger partial charge in [-0.15, -0.1) is 0 Å². The van der Waals surface area contributed by atoms with Crippen LogP contribution in [0.4, 0.5) is 8.78 Å². The van der Waals surface area contributed by atoms with E-state index in [1.807, 2.05) is 20.8 Å². The molecule has 114 valence electrons. The number of aryl methyl sites for hydroxylation is 1. The van der Waals surface area contributed by atoms with Crippen molar-refractivity contribution in [2.45, 2.75) is 52.2 Å². The zero-order valence-corrected chi connectivity index (χ0v) is 13.0. The van der Waals surface area contributed by atoms with Crippen molar-refractivity contribution in [3.05, 3.63) is 34.9 Å².